The molecular formula is C30H24ClN3O3. The number of rotatable bonds is 7. The van der Waals surface area contributed by atoms with Crippen molar-refractivity contribution in [3.05, 3.63) is 114 Å². The lowest BCUT2D eigenvalue weighted by molar-refractivity contribution is 0.440. The first kappa shape index (κ1) is 23.9. The molecule has 184 valence electrons. The van der Waals surface area contributed by atoms with E-state index in [9.17, 15) is 0 Å². The Labute approximate surface area is 219 Å². The van der Waals surface area contributed by atoms with E-state index in [1.54, 1.807) is 72.8 Å². The van der Waals surface area contributed by atoms with Gasteiger partial charge >= 0.3 is 0 Å². The summed E-state index contributed by atoms with van der Waals surface area (Å²) < 4.78 is 18.4. The van der Waals surface area contributed by atoms with E-state index in [2.05, 4.69) is 0 Å². The van der Waals surface area contributed by atoms with Gasteiger partial charge in [-0.3, -0.25) is 0 Å². The van der Waals surface area contributed by atoms with Crippen molar-refractivity contribution in [2.24, 2.45) is 0 Å². The zero-order valence-corrected chi connectivity index (χ0v) is 20.5. The molecule has 0 amide bonds. The quantitative estimate of drug-likeness (QED) is 0.191. The predicted octanol–water partition coefficient (Wildman–Crippen LogP) is 8.13. The van der Waals surface area contributed by atoms with Crippen LogP contribution in [0, 0.1) is 0 Å². The number of ether oxygens (including phenoxy) is 3. The molecule has 0 fully saturated rings. The molecule has 0 aromatic heterocycles. The van der Waals surface area contributed by atoms with Crippen LogP contribution in [0.15, 0.2) is 109 Å². The first-order chi connectivity index (χ1) is 17.9. The Morgan fingerprint density at radius 3 is 1.35 bits per heavy atom. The summed E-state index contributed by atoms with van der Waals surface area (Å²) in [5, 5.41) is 0.654. The van der Waals surface area contributed by atoms with Crippen molar-refractivity contribution in [1.29, 1.82) is 0 Å². The third kappa shape index (κ3) is 6.07. The van der Waals surface area contributed by atoms with Gasteiger partial charge in [0.2, 0.25) is 0 Å². The zero-order valence-electron chi connectivity index (χ0n) is 19.7. The van der Waals surface area contributed by atoms with Gasteiger partial charge in [0.05, 0.1) is 0 Å². The van der Waals surface area contributed by atoms with Crippen LogP contribution < -0.4 is 31.4 Å². The summed E-state index contributed by atoms with van der Waals surface area (Å²) in [6.45, 7) is 0. The van der Waals surface area contributed by atoms with E-state index >= 15 is 0 Å². The molecule has 0 saturated heterocycles. The molecule has 0 aliphatic rings. The Kier molecular flexibility index (Phi) is 6.74. The van der Waals surface area contributed by atoms with Gasteiger partial charge in [-0.2, -0.15) is 0 Å². The summed E-state index contributed by atoms with van der Waals surface area (Å²) in [4.78, 5) is 0. The number of hydrogen-bond donors (Lipinski definition) is 3. The van der Waals surface area contributed by atoms with Crippen LogP contribution in [0.5, 0.6) is 34.5 Å². The highest BCUT2D eigenvalue weighted by Gasteiger charge is 2.11. The molecule has 0 spiro atoms. The topological polar surface area (TPSA) is 106 Å². The largest absolute Gasteiger partial charge is 0.457 e. The molecule has 5 rings (SSSR count). The normalized spacial score (nSPS) is 10.6. The summed E-state index contributed by atoms with van der Waals surface area (Å²) in [5.74, 6) is 3.43. The molecule has 6 nitrogen and oxygen atoms in total. The average Bonchev–Trinajstić information content (AvgIpc) is 2.88. The Balaban J connectivity index is 1.47. The summed E-state index contributed by atoms with van der Waals surface area (Å²) in [5.41, 5.74) is 21.5. The number of benzene rings is 5. The minimum Gasteiger partial charge on any atom is -0.457 e. The van der Waals surface area contributed by atoms with Crippen molar-refractivity contribution in [1.82, 2.24) is 0 Å². The first-order valence-corrected chi connectivity index (χ1v) is 11.8. The number of nitrogen functional groups attached to an aromatic ring is 3. The van der Waals surface area contributed by atoms with Crippen LogP contribution in [0.1, 0.15) is 0 Å². The summed E-state index contributed by atoms with van der Waals surface area (Å²) >= 11 is 6.05. The van der Waals surface area contributed by atoms with Gasteiger partial charge in [0.1, 0.15) is 34.5 Å². The molecule has 37 heavy (non-hydrogen) atoms. The predicted molar refractivity (Wildman–Crippen MR) is 150 cm³/mol. The van der Waals surface area contributed by atoms with Gasteiger partial charge in [-0.15, -0.1) is 0 Å². The second kappa shape index (κ2) is 10.4. The van der Waals surface area contributed by atoms with Crippen molar-refractivity contribution >= 4 is 28.7 Å². The summed E-state index contributed by atoms with van der Waals surface area (Å²) in [6.07, 6.45) is 0. The van der Waals surface area contributed by atoms with Gasteiger partial charge in [0.15, 0.2) is 0 Å². The molecule has 0 heterocycles. The van der Waals surface area contributed by atoms with Gasteiger partial charge in [0.25, 0.3) is 0 Å². The fraction of sp³-hybridized carbons (Fsp3) is 0. The Morgan fingerprint density at radius 2 is 0.865 bits per heavy atom. The van der Waals surface area contributed by atoms with E-state index < -0.39 is 0 Å². The van der Waals surface area contributed by atoms with Crippen molar-refractivity contribution in [3.63, 3.8) is 0 Å². The fourth-order valence-corrected chi connectivity index (χ4v) is 3.81. The standard InChI is InChI=1S/C30H24ClN3O3/c31-20-3-1-19(2-4-20)29-18-25(13-14-30(29)34)37-28-16-26(35-23-9-5-21(32)6-10-23)15-27(17-28)36-24-11-7-22(33)8-12-24/h1-18H,32-34H2. The monoisotopic (exact) mass is 509 g/mol. The second-order valence-electron chi connectivity index (χ2n) is 8.34. The molecule has 0 radical (unpaired) electrons. The van der Waals surface area contributed by atoms with Gasteiger partial charge in [-0.25, -0.2) is 0 Å². The van der Waals surface area contributed by atoms with Gasteiger partial charge < -0.3 is 31.4 Å². The molecule has 0 atom stereocenters. The van der Waals surface area contributed by atoms with Crippen LogP contribution in [-0.4, -0.2) is 0 Å². The number of hydrogen-bond acceptors (Lipinski definition) is 6. The maximum absolute atomic E-state index is 6.25. The van der Waals surface area contributed by atoms with E-state index in [-0.39, 0.29) is 0 Å². The van der Waals surface area contributed by atoms with Crippen molar-refractivity contribution in [2.45, 2.75) is 0 Å². The van der Waals surface area contributed by atoms with Crippen LogP contribution in [0.25, 0.3) is 11.1 Å². The number of halogens is 1. The third-order valence-corrected chi connectivity index (χ3v) is 5.75. The van der Waals surface area contributed by atoms with Gasteiger partial charge in [-0.05, 0) is 84.4 Å². The molecule has 0 aliphatic heterocycles. The first-order valence-electron chi connectivity index (χ1n) is 11.5. The van der Waals surface area contributed by atoms with E-state index in [1.807, 2.05) is 36.4 Å². The zero-order chi connectivity index (χ0) is 25.8. The van der Waals surface area contributed by atoms with Crippen LogP contribution >= 0.6 is 11.6 Å². The van der Waals surface area contributed by atoms with Crippen molar-refractivity contribution in [3.8, 4) is 45.6 Å². The third-order valence-electron chi connectivity index (χ3n) is 5.50. The highest BCUT2D eigenvalue weighted by Crippen LogP contribution is 2.37. The van der Waals surface area contributed by atoms with Gasteiger partial charge in [0, 0.05) is 45.8 Å². The fourth-order valence-electron chi connectivity index (χ4n) is 3.68. The second-order valence-corrected chi connectivity index (χ2v) is 8.78. The highest BCUT2D eigenvalue weighted by atomic mass is 35.5. The van der Waals surface area contributed by atoms with Crippen LogP contribution in [0.4, 0.5) is 17.1 Å². The average molecular weight is 510 g/mol. The lowest BCUT2D eigenvalue weighted by Gasteiger charge is -2.14. The SMILES string of the molecule is Nc1ccc(Oc2cc(Oc3ccc(N)cc3)cc(Oc3ccc(N)c(-c4ccc(Cl)cc4)c3)c2)cc1. The highest BCUT2D eigenvalue weighted by molar-refractivity contribution is 6.30. The Hall–Kier alpha value is -4.81. The molecule has 0 saturated carbocycles. The minimum absolute atomic E-state index is 0.519. The molecule has 0 aliphatic carbocycles. The molecule has 0 unspecified atom stereocenters. The number of anilines is 3. The van der Waals surface area contributed by atoms with E-state index in [4.69, 9.17) is 43.0 Å². The number of nitrogens with two attached hydrogens (primary N) is 3. The molecule has 5 aromatic rings. The maximum Gasteiger partial charge on any atom is 0.134 e. The van der Waals surface area contributed by atoms with Crippen molar-refractivity contribution < 1.29 is 14.2 Å². The molecule has 0 bridgehead atoms. The van der Waals surface area contributed by atoms with Crippen LogP contribution in [-0.2, 0) is 0 Å². The molecular weight excluding hydrogens is 486 g/mol. The summed E-state index contributed by atoms with van der Waals surface area (Å²) in [6, 6.07) is 32.6. The lowest BCUT2D eigenvalue weighted by atomic mass is 10.0. The Bertz CT molecular complexity index is 1450. The van der Waals surface area contributed by atoms with Crippen LogP contribution in [0.3, 0.4) is 0 Å². The van der Waals surface area contributed by atoms with E-state index in [1.165, 1.54) is 0 Å². The van der Waals surface area contributed by atoms with Crippen molar-refractivity contribution in [2.75, 3.05) is 17.2 Å². The smallest absolute Gasteiger partial charge is 0.134 e. The molecule has 6 N–H and O–H groups in total. The molecule has 5 aromatic carbocycles. The Morgan fingerprint density at radius 1 is 0.432 bits per heavy atom. The van der Waals surface area contributed by atoms with E-state index in [0.29, 0.717) is 56.6 Å². The minimum atomic E-state index is 0.519. The maximum atomic E-state index is 6.25. The lowest BCUT2D eigenvalue weighted by Crippen LogP contribution is -1.94. The van der Waals surface area contributed by atoms with E-state index in [0.717, 1.165) is 11.1 Å². The summed E-state index contributed by atoms with van der Waals surface area (Å²) in [7, 11) is 0. The van der Waals surface area contributed by atoms with Crippen LogP contribution in [0.2, 0.25) is 5.02 Å². The molecule has 7 heteroatoms. The van der Waals surface area contributed by atoms with Gasteiger partial charge in [-0.1, -0.05) is 23.7 Å².